The second-order valence-corrected chi connectivity index (χ2v) is 7.67. The summed E-state index contributed by atoms with van der Waals surface area (Å²) in [5.74, 6) is -1.24. The molecule has 4 aromatic rings. The maximum atomic E-state index is 11.7. The van der Waals surface area contributed by atoms with Gasteiger partial charge in [-0.3, -0.25) is 19.2 Å². The molecule has 2 aromatic carbocycles. The Morgan fingerprint density at radius 1 is 0.537 bits per heavy atom. The first-order valence-corrected chi connectivity index (χ1v) is 12.4. The van der Waals surface area contributed by atoms with E-state index in [1.807, 2.05) is 12.1 Å². The summed E-state index contributed by atoms with van der Waals surface area (Å²) in [6.45, 7) is 4.58. The molecular formula is C32H34N2O6Ti+8. The summed E-state index contributed by atoms with van der Waals surface area (Å²) in [5, 5.41) is 12.4. The Morgan fingerprint density at radius 2 is 0.805 bits per heavy atom. The molecule has 0 saturated heterocycles. The molecule has 0 amide bonds. The number of ketones is 4. The first-order valence-electron chi connectivity index (χ1n) is 12.4. The van der Waals surface area contributed by atoms with E-state index in [4.69, 9.17) is 10.2 Å². The molecule has 0 radical (unpaired) electrons. The summed E-state index contributed by atoms with van der Waals surface area (Å²) >= 11 is 0. The molecule has 0 spiro atoms. The molecule has 0 aliphatic carbocycles. The van der Waals surface area contributed by atoms with Crippen molar-refractivity contribution in [2.24, 2.45) is 0 Å². The van der Waals surface area contributed by atoms with Crippen LogP contribution in [0.4, 0.5) is 0 Å². The molecule has 0 saturated carbocycles. The van der Waals surface area contributed by atoms with Crippen LogP contribution in [0.2, 0.25) is 0 Å². The van der Waals surface area contributed by atoms with Gasteiger partial charge >= 0.3 is 21.7 Å². The van der Waals surface area contributed by atoms with Crippen molar-refractivity contribution in [1.82, 2.24) is 9.97 Å². The molecule has 0 fully saturated rings. The van der Waals surface area contributed by atoms with Crippen molar-refractivity contribution in [2.75, 3.05) is 13.2 Å². The van der Waals surface area contributed by atoms with E-state index in [1.54, 1.807) is 99.0 Å². The largest absolute Gasteiger partial charge is 4.00 e. The average Bonchev–Trinajstić information content (AvgIpc) is 3.00. The monoisotopic (exact) mass is 590 g/mol. The normalized spacial score (nSPS) is 8.88. The van der Waals surface area contributed by atoms with Gasteiger partial charge in [0.2, 0.25) is 0 Å². The summed E-state index contributed by atoms with van der Waals surface area (Å²) in [4.78, 5) is 54.6. The molecule has 2 heterocycles. The van der Waals surface area contributed by atoms with Crippen molar-refractivity contribution in [3.63, 3.8) is 0 Å². The maximum absolute atomic E-state index is 11.7. The Bertz CT molecular complexity index is 1090. The minimum Gasteiger partial charge on any atom is -0.446 e. The van der Waals surface area contributed by atoms with E-state index in [0.717, 1.165) is 12.8 Å². The number of aromatic nitrogens is 2. The van der Waals surface area contributed by atoms with Crippen LogP contribution in [-0.4, -0.2) is 56.5 Å². The molecule has 9 heteroatoms. The van der Waals surface area contributed by atoms with Gasteiger partial charge in [0.15, 0.2) is 0 Å². The smallest absolute Gasteiger partial charge is 0.446 e. The van der Waals surface area contributed by atoms with E-state index < -0.39 is 0 Å². The molecule has 0 unspecified atom stereocenters. The molecule has 0 aliphatic rings. The van der Waals surface area contributed by atoms with Gasteiger partial charge in [0.25, 0.3) is 23.1 Å². The molecule has 0 atom stereocenters. The number of carbonyl (C=O) groups is 4. The number of hydrogen-bond acceptors (Lipinski definition) is 6. The second kappa shape index (κ2) is 22.6. The molecule has 41 heavy (non-hydrogen) atoms. The van der Waals surface area contributed by atoms with Gasteiger partial charge in [0.1, 0.15) is 48.3 Å². The minimum atomic E-state index is -0.327. The minimum absolute atomic E-state index is 0. The molecular weight excluding hydrogens is 556 g/mol. The Morgan fingerprint density at radius 3 is 1.07 bits per heavy atom. The third-order valence-electron chi connectivity index (χ3n) is 4.53. The zero-order valence-corrected chi connectivity index (χ0v) is 24.6. The number of benzene rings is 2. The summed E-state index contributed by atoms with van der Waals surface area (Å²) in [6.07, 6.45) is 8.22. The van der Waals surface area contributed by atoms with Gasteiger partial charge in [-0.2, -0.15) is 0 Å². The number of rotatable bonds is 8. The van der Waals surface area contributed by atoms with Crippen LogP contribution in [0.15, 0.2) is 110 Å². The molecule has 0 bridgehead atoms. The summed E-state index contributed by atoms with van der Waals surface area (Å²) in [5.41, 5.74) is 1.84. The summed E-state index contributed by atoms with van der Waals surface area (Å²) in [6, 6.07) is 24.0. The number of Topliss-reactive ketones (excluding diaryl/α,β-unsaturated/α-hetero) is 4. The number of hydrogen-bond donors (Lipinski definition) is 0. The van der Waals surface area contributed by atoms with E-state index in [0.29, 0.717) is 35.5 Å². The SMILES string of the molecule is CC[OH2+].CC[OH2+].O=C([CH+]C(=O)c1cccnc1)c1ccccc1.O=C([CH+]C(=O)c1cccnc1)c1ccccc1.[Ti+4]. The molecule has 4 rings (SSSR count). The standard InChI is InChI=1S/2C14H10NO2.2C2H6O.Ti/c2*16-13(11-5-2-1-3-6-11)9-14(17)12-7-4-8-15-10-12;2*1-2-3;/h2*1-10H;2*3H,2H2,1H3;/q2*+1;;;+4/p+2. The fourth-order valence-electron chi connectivity index (χ4n) is 2.79. The molecule has 204 valence electrons. The zero-order valence-electron chi connectivity index (χ0n) is 23.0. The third kappa shape index (κ3) is 15.2. The van der Waals surface area contributed by atoms with Crippen molar-refractivity contribution in [3.05, 3.63) is 145 Å². The fourth-order valence-corrected chi connectivity index (χ4v) is 2.79. The topological polar surface area (TPSA) is 140 Å². The van der Waals surface area contributed by atoms with Crippen LogP contribution in [0.3, 0.4) is 0 Å². The zero-order chi connectivity index (χ0) is 29.6. The Hall–Kier alpha value is -4.21. The molecule has 0 aliphatic heterocycles. The van der Waals surface area contributed by atoms with E-state index >= 15 is 0 Å². The van der Waals surface area contributed by atoms with Crippen molar-refractivity contribution >= 4 is 23.1 Å². The van der Waals surface area contributed by atoms with Gasteiger partial charge in [0.05, 0.1) is 12.4 Å². The van der Waals surface area contributed by atoms with Crippen LogP contribution in [0.1, 0.15) is 55.3 Å². The van der Waals surface area contributed by atoms with E-state index in [2.05, 4.69) is 9.97 Å². The van der Waals surface area contributed by atoms with Crippen LogP contribution < -0.4 is 0 Å². The Kier molecular flexibility index (Phi) is 20.3. The van der Waals surface area contributed by atoms with Crippen molar-refractivity contribution in [2.45, 2.75) is 13.8 Å². The van der Waals surface area contributed by atoms with Gasteiger partial charge in [-0.15, -0.1) is 0 Å². The maximum Gasteiger partial charge on any atom is 4.00 e. The van der Waals surface area contributed by atoms with E-state index in [1.165, 1.54) is 12.4 Å². The predicted molar refractivity (Wildman–Crippen MR) is 156 cm³/mol. The van der Waals surface area contributed by atoms with Crippen LogP contribution in [-0.2, 0) is 21.7 Å². The molecule has 2 aromatic heterocycles. The summed E-state index contributed by atoms with van der Waals surface area (Å²) < 4.78 is 0. The van der Waals surface area contributed by atoms with Crippen LogP contribution in [0.25, 0.3) is 0 Å². The fraction of sp³-hybridized carbons (Fsp3) is 0.125. The third-order valence-corrected chi connectivity index (χ3v) is 4.53. The Balaban J connectivity index is 0.000000642. The number of nitrogens with zero attached hydrogens (tertiary/aromatic N) is 2. The van der Waals surface area contributed by atoms with Crippen LogP contribution >= 0.6 is 0 Å². The summed E-state index contributed by atoms with van der Waals surface area (Å²) in [7, 11) is 0. The molecule has 8 nitrogen and oxygen atoms in total. The van der Waals surface area contributed by atoms with Crippen LogP contribution in [0.5, 0.6) is 0 Å². The van der Waals surface area contributed by atoms with Crippen LogP contribution in [0, 0.1) is 12.8 Å². The first-order chi connectivity index (χ1) is 19.4. The van der Waals surface area contributed by atoms with Crippen molar-refractivity contribution < 1.29 is 51.1 Å². The Labute approximate surface area is 255 Å². The average molecular weight is 590 g/mol. The van der Waals surface area contributed by atoms with Gasteiger partial charge in [0, 0.05) is 62.6 Å². The molecule has 4 N–H and O–H groups in total. The number of pyridine rings is 2. The van der Waals surface area contributed by atoms with E-state index in [9.17, 15) is 19.2 Å². The van der Waals surface area contributed by atoms with Crippen molar-refractivity contribution in [1.29, 1.82) is 0 Å². The van der Waals surface area contributed by atoms with Gasteiger partial charge in [-0.05, 0) is 36.4 Å². The number of carbonyl (C=O) groups excluding carboxylic acids is 4. The second-order valence-electron chi connectivity index (χ2n) is 7.67. The van der Waals surface area contributed by atoms with Gasteiger partial charge in [-0.1, -0.05) is 12.1 Å². The van der Waals surface area contributed by atoms with Crippen molar-refractivity contribution in [3.8, 4) is 0 Å². The first kappa shape index (κ1) is 36.8. The van der Waals surface area contributed by atoms with Gasteiger partial charge in [-0.25, -0.2) is 9.97 Å². The quantitative estimate of drug-likeness (QED) is 0.0993. The predicted octanol–water partition coefficient (Wildman–Crippen LogP) is 4.16. The van der Waals surface area contributed by atoms with E-state index in [-0.39, 0.29) is 44.9 Å². The van der Waals surface area contributed by atoms with Gasteiger partial charge < -0.3 is 10.2 Å².